The van der Waals surface area contributed by atoms with Crippen molar-refractivity contribution >= 4 is 0 Å². The second-order valence-corrected chi connectivity index (χ2v) is 4.53. The second-order valence-electron chi connectivity index (χ2n) is 4.53. The minimum atomic E-state index is 0.669. The molecule has 4 nitrogen and oxygen atoms in total. The minimum Gasteiger partial charge on any atom is -0.481 e. The van der Waals surface area contributed by atoms with Gasteiger partial charge in [0.2, 0.25) is 5.88 Å². The number of hydrogen-bond acceptors (Lipinski definition) is 4. The van der Waals surface area contributed by atoms with E-state index < -0.39 is 0 Å². The first-order valence-corrected chi connectivity index (χ1v) is 6.21. The summed E-state index contributed by atoms with van der Waals surface area (Å²) in [5.74, 6) is 0.682. The first kappa shape index (κ1) is 12.3. The molecule has 2 rings (SSSR count). The van der Waals surface area contributed by atoms with Crippen LogP contribution in [0.2, 0.25) is 0 Å². The van der Waals surface area contributed by atoms with Gasteiger partial charge in [-0.25, -0.2) is 4.98 Å². The Balaban J connectivity index is 1.94. The molecule has 0 spiro atoms. The first-order valence-electron chi connectivity index (χ1n) is 6.21. The fourth-order valence-corrected chi connectivity index (χ4v) is 2.43. The third-order valence-electron chi connectivity index (χ3n) is 3.33. The fraction of sp³-hybridized carbons (Fsp3) is 0.615. The number of ether oxygens (including phenoxy) is 1. The number of likely N-dealkylation sites (tertiary alicyclic amines) is 1. The molecule has 2 heterocycles. The highest BCUT2D eigenvalue weighted by atomic mass is 16.5. The quantitative estimate of drug-likeness (QED) is 0.834. The summed E-state index contributed by atoms with van der Waals surface area (Å²) in [6.45, 7) is 3.26. The summed E-state index contributed by atoms with van der Waals surface area (Å²) in [5, 5.41) is 3.27. The van der Waals surface area contributed by atoms with Crippen LogP contribution in [0.25, 0.3) is 0 Å². The van der Waals surface area contributed by atoms with Crippen LogP contribution in [0, 0.1) is 0 Å². The van der Waals surface area contributed by atoms with Gasteiger partial charge in [-0.2, -0.15) is 0 Å². The highest BCUT2D eigenvalue weighted by molar-refractivity contribution is 5.17. The Morgan fingerprint density at radius 2 is 2.41 bits per heavy atom. The zero-order chi connectivity index (χ0) is 12.1. The molecule has 4 heteroatoms. The third kappa shape index (κ3) is 3.17. The van der Waals surface area contributed by atoms with Crippen LogP contribution in [0.3, 0.4) is 0 Å². The zero-order valence-electron chi connectivity index (χ0n) is 10.6. The molecule has 1 aliphatic rings. The molecule has 1 aliphatic heterocycles. The minimum absolute atomic E-state index is 0.669. The van der Waals surface area contributed by atoms with Gasteiger partial charge in [-0.15, -0.1) is 0 Å². The van der Waals surface area contributed by atoms with E-state index in [1.54, 1.807) is 7.11 Å². The smallest absolute Gasteiger partial charge is 0.212 e. The number of likely N-dealkylation sites (N-methyl/N-ethyl adjacent to an activating group) is 1. The van der Waals surface area contributed by atoms with Gasteiger partial charge in [-0.1, -0.05) is 6.07 Å². The van der Waals surface area contributed by atoms with Crippen molar-refractivity contribution < 1.29 is 4.74 Å². The van der Waals surface area contributed by atoms with E-state index >= 15 is 0 Å². The van der Waals surface area contributed by atoms with Crippen LogP contribution < -0.4 is 10.1 Å². The molecule has 0 aromatic carbocycles. The second kappa shape index (κ2) is 5.98. The maximum Gasteiger partial charge on any atom is 0.212 e. The summed E-state index contributed by atoms with van der Waals surface area (Å²) in [4.78, 5) is 6.77. The molecule has 0 aliphatic carbocycles. The van der Waals surface area contributed by atoms with E-state index in [4.69, 9.17) is 4.74 Å². The molecule has 1 aromatic heterocycles. The molecule has 1 aromatic rings. The van der Waals surface area contributed by atoms with Crippen LogP contribution in [0.5, 0.6) is 5.88 Å². The largest absolute Gasteiger partial charge is 0.481 e. The van der Waals surface area contributed by atoms with Gasteiger partial charge in [0.25, 0.3) is 0 Å². The summed E-state index contributed by atoms with van der Waals surface area (Å²) in [5.41, 5.74) is 1.26. The van der Waals surface area contributed by atoms with E-state index in [0.717, 1.165) is 13.1 Å². The summed E-state index contributed by atoms with van der Waals surface area (Å²) < 4.78 is 5.06. The van der Waals surface area contributed by atoms with E-state index in [2.05, 4.69) is 21.3 Å². The van der Waals surface area contributed by atoms with Crippen molar-refractivity contribution in [3.63, 3.8) is 0 Å². The molecule has 1 atom stereocenters. The third-order valence-corrected chi connectivity index (χ3v) is 3.33. The molecule has 1 N–H and O–H groups in total. The lowest BCUT2D eigenvalue weighted by atomic mass is 10.2. The van der Waals surface area contributed by atoms with Gasteiger partial charge in [-0.05, 0) is 32.0 Å². The molecular weight excluding hydrogens is 214 g/mol. The molecular formula is C13H21N3O. The van der Waals surface area contributed by atoms with Crippen molar-refractivity contribution in [2.24, 2.45) is 0 Å². The standard InChI is InChI=1S/C13H21N3O/c1-14-9-12-4-3-7-16(12)10-11-5-6-13(17-2)15-8-11/h5-6,8,12,14H,3-4,7,9-10H2,1-2H3. The van der Waals surface area contributed by atoms with Crippen LogP contribution >= 0.6 is 0 Å². The molecule has 94 valence electrons. The van der Waals surface area contributed by atoms with E-state index in [1.165, 1.54) is 24.9 Å². The summed E-state index contributed by atoms with van der Waals surface area (Å²) in [6.07, 6.45) is 4.51. The highest BCUT2D eigenvalue weighted by Crippen LogP contribution is 2.19. The lowest BCUT2D eigenvalue weighted by molar-refractivity contribution is 0.242. The van der Waals surface area contributed by atoms with Crippen molar-refractivity contribution in [3.05, 3.63) is 23.9 Å². The summed E-state index contributed by atoms with van der Waals surface area (Å²) >= 11 is 0. The Morgan fingerprint density at radius 1 is 1.53 bits per heavy atom. The molecule has 1 saturated heterocycles. The van der Waals surface area contributed by atoms with Crippen LogP contribution in [0.1, 0.15) is 18.4 Å². The number of nitrogens with zero attached hydrogens (tertiary/aromatic N) is 2. The number of rotatable bonds is 5. The van der Waals surface area contributed by atoms with Crippen LogP contribution in [-0.2, 0) is 6.54 Å². The van der Waals surface area contributed by atoms with Gasteiger partial charge in [0.05, 0.1) is 7.11 Å². The van der Waals surface area contributed by atoms with Crippen molar-refractivity contribution in [2.45, 2.75) is 25.4 Å². The zero-order valence-corrected chi connectivity index (χ0v) is 10.6. The Labute approximate surface area is 103 Å². The molecule has 0 saturated carbocycles. The van der Waals surface area contributed by atoms with E-state index in [9.17, 15) is 0 Å². The van der Waals surface area contributed by atoms with E-state index in [0.29, 0.717) is 11.9 Å². The molecule has 0 amide bonds. The first-order chi connectivity index (χ1) is 8.33. The highest BCUT2D eigenvalue weighted by Gasteiger charge is 2.23. The van der Waals surface area contributed by atoms with Gasteiger partial charge >= 0.3 is 0 Å². The lowest BCUT2D eigenvalue weighted by Gasteiger charge is -2.24. The Morgan fingerprint density at radius 3 is 3.06 bits per heavy atom. The average molecular weight is 235 g/mol. The lowest BCUT2D eigenvalue weighted by Crippen LogP contribution is -2.36. The molecule has 0 bridgehead atoms. The van der Waals surface area contributed by atoms with Gasteiger partial charge in [0.15, 0.2) is 0 Å². The van der Waals surface area contributed by atoms with E-state index in [-0.39, 0.29) is 0 Å². The number of hydrogen-bond donors (Lipinski definition) is 1. The molecule has 17 heavy (non-hydrogen) atoms. The molecule has 0 radical (unpaired) electrons. The number of aromatic nitrogens is 1. The molecule has 1 fully saturated rings. The number of methoxy groups -OCH3 is 1. The maximum absolute atomic E-state index is 5.06. The van der Waals surface area contributed by atoms with Crippen molar-refractivity contribution in [1.29, 1.82) is 0 Å². The van der Waals surface area contributed by atoms with Crippen molar-refractivity contribution in [2.75, 3.05) is 27.2 Å². The topological polar surface area (TPSA) is 37.4 Å². The van der Waals surface area contributed by atoms with Gasteiger partial charge < -0.3 is 10.1 Å². The van der Waals surface area contributed by atoms with Gasteiger partial charge in [0, 0.05) is 31.4 Å². The van der Waals surface area contributed by atoms with Gasteiger partial charge in [0.1, 0.15) is 0 Å². The van der Waals surface area contributed by atoms with Crippen LogP contribution in [0.4, 0.5) is 0 Å². The number of nitrogens with one attached hydrogen (secondary N) is 1. The Hall–Kier alpha value is -1.13. The monoisotopic (exact) mass is 235 g/mol. The average Bonchev–Trinajstić information content (AvgIpc) is 2.78. The number of pyridine rings is 1. The van der Waals surface area contributed by atoms with E-state index in [1.807, 2.05) is 19.3 Å². The van der Waals surface area contributed by atoms with Crippen LogP contribution in [-0.4, -0.2) is 43.2 Å². The predicted molar refractivity (Wildman–Crippen MR) is 68.1 cm³/mol. The normalized spacial score (nSPS) is 20.7. The summed E-state index contributed by atoms with van der Waals surface area (Å²) in [6, 6.07) is 4.70. The molecule has 1 unspecified atom stereocenters. The maximum atomic E-state index is 5.06. The predicted octanol–water partition coefficient (Wildman–Crippen LogP) is 1.27. The fourth-order valence-electron chi connectivity index (χ4n) is 2.43. The van der Waals surface area contributed by atoms with Crippen molar-refractivity contribution in [1.82, 2.24) is 15.2 Å². The summed E-state index contributed by atoms with van der Waals surface area (Å²) in [7, 11) is 3.66. The SMILES string of the molecule is CNCC1CCCN1Cc1ccc(OC)nc1. The van der Waals surface area contributed by atoms with Crippen molar-refractivity contribution in [3.8, 4) is 5.88 Å². The van der Waals surface area contributed by atoms with Gasteiger partial charge in [-0.3, -0.25) is 4.90 Å². The van der Waals surface area contributed by atoms with Crippen LogP contribution in [0.15, 0.2) is 18.3 Å². The Bertz CT molecular complexity index is 339. The Kier molecular flexibility index (Phi) is 4.34.